The number of nitrogens with one attached hydrogen (secondary N) is 2. The first-order chi connectivity index (χ1) is 12.9. The van der Waals surface area contributed by atoms with Crippen LogP contribution in [0.5, 0.6) is 0 Å². The molecule has 0 unspecified atom stereocenters. The van der Waals surface area contributed by atoms with Crippen LogP contribution in [-0.2, 0) is 10.0 Å². The number of halogens is 2. The molecule has 0 bridgehead atoms. The second-order valence-corrected chi connectivity index (χ2v) is 8.68. The summed E-state index contributed by atoms with van der Waals surface area (Å²) >= 11 is 0. The Hall–Kier alpha value is -2.16. The highest BCUT2D eigenvalue weighted by Crippen LogP contribution is 2.28. The molecule has 2 aromatic carbocycles. The molecule has 6 nitrogen and oxygen atoms in total. The van der Waals surface area contributed by atoms with Gasteiger partial charge in [-0.2, -0.15) is 0 Å². The molecule has 2 fully saturated rings. The zero-order valence-electron chi connectivity index (χ0n) is 15.0. The van der Waals surface area contributed by atoms with Crippen LogP contribution < -0.4 is 10.0 Å². The van der Waals surface area contributed by atoms with Gasteiger partial charge in [0.05, 0.1) is 10.6 Å². The van der Waals surface area contributed by atoms with Gasteiger partial charge in [0.1, 0.15) is 5.82 Å². The Labute approximate surface area is 169 Å². The van der Waals surface area contributed by atoms with Gasteiger partial charge < -0.3 is 10.2 Å². The average Bonchev–Trinajstić information content (AvgIpc) is 3.25. The van der Waals surface area contributed by atoms with E-state index < -0.39 is 15.8 Å². The van der Waals surface area contributed by atoms with Crippen molar-refractivity contribution in [2.75, 3.05) is 30.9 Å². The first-order valence-corrected chi connectivity index (χ1v) is 10.3. The molecule has 9 heteroatoms. The zero-order valence-corrected chi connectivity index (χ0v) is 16.6. The molecule has 2 aromatic rings. The highest BCUT2D eigenvalue weighted by Gasteiger charge is 2.38. The summed E-state index contributed by atoms with van der Waals surface area (Å²) in [5, 5.41) is 3.32. The Morgan fingerprint density at radius 3 is 2.43 bits per heavy atom. The molecule has 4 rings (SSSR count). The van der Waals surface area contributed by atoms with Crippen molar-refractivity contribution in [3.05, 3.63) is 59.9 Å². The first-order valence-electron chi connectivity index (χ1n) is 8.81. The van der Waals surface area contributed by atoms with Crippen molar-refractivity contribution in [1.29, 1.82) is 0 Å². The number of para-hydroxylation sites is 1. The predicted octanol–water partition coefficient (Wildman–Crippen LogP) is 2.34. The van der Waals surface area contributed by atoms with Crippen molar-refractivity contribution in [3.63, 3.8) is 0 Å². The molecule has 0 radical (unpaired) electrons. The molecule has 0 spiro atoms. The van der Waals surface area contributed by atoms with E-state index in [1.807, 2.05) is 0 Å². The number of amides is 1. The number of hydrogen-bond acceptors (Lipinski definition) is 4. The zero-order chi connectivity index (χ0) is 19.0. The molecule has 0 aromatic heterocycles. The average molecular weight is 426 g/mol. The number of anilines is 1. The Bertz CT molecular complexity index is 974. The Kier molecular flexibility index (Phi) is 5.92. The van der Waals surface area contributed by atoms with Crippen LogP contribution in [0.2, 0.25) is 0 Å². The number of sulfonamides is 1. The fourth-order valence-corrected chi connectivity index (χ4v) is 4.86. The van der Waals surface area contributed by atoms with Crippen molar-refractivity contribution in [1.82, 2.24) is 10.2 Å². The van der Waals surface area contributed by atoms with Crippen LogP contribution in [0, 0.1) is 17.7 Å². The van der Waals surface area contributed by atoms with E-state index in [9.17, 15) is 17.6 Å². The van der Waals surface area contributed by atoms with Crippen LogP contribution >= 0.6 is 12.4 Å². The summed E-state index contributed by atoms with van der Waals surface area (Å²) < 4.78 is 41.2. The van der Waals surface area contributed by atoms with Crippen LogP contribution in [0.1, 0.15) is 10.4 Å². The third-order valence-electron chi connectivity index (χ3n) is 5.19. The fraction of sp³-hybridized carbons (Fsp3) is 0.316. The molecular formula is C19H21ClFN3O3S. The topological polar surface area (TPSA) is 78.5 Å². The smallest absolute Gasteiger partial charge is 0.262 e. The summed E-state index contributed by atoms with van der Waals surface area (Å²) in [5.74, 6) is 0.0880. The summed E-state index contributed by atoms with van der Waals surface area (Å²) in [7, 11) is -4.00. The summed E-state index contributed by atoms with van der Waals surface area (Å²) in [4.78, 5) is 14.5. The van der Waals surface area contributed by atoms with Crippen molar-refractivity contribution in [2.45, 2.75) is 4.90 Å². The lowest BCUT2D eigenvalue weighted by Gasteiger charge is -2.18. The largest absolute Gasteiger partial charge is 0.338 e. The van der Waals surface area contributed by atoms with Crippen molar-refractivity contribution >= 4 is 34.0 Å². The molecule has 0 aliphatic carbocycles. The van der Waals surface area contributed by atoms with E-state index in [-0.39, 0.29) is 28.9 Å². The number of hydrogen-bond donors (Lipinski definition) is 2. The number of nitrogens with zero attached hydrogens (tertiary/aromatic N) is 1. The van der Waals surface area contributed by atoms with Crippen LogP contribution in [0.15, 0.2) is 53.4 Å². The quantitative estimate of drug-likeness (QED) is 0.788. The molecule has 2 saturated heterocycles. The van der Waals surface area contributed by atoms with Crippen LogP contribution in [0.3, 0.4) is 0 Å². The maximum absolute atomic E-state index is 13.8. The van der Waals surface area contributed by atoms with E-state index >= 15 is 0 Å². The fourth-order valence-electron chi connectivity index (χ4n) is 3.75. The highest BCUT2D eigenvalue weighted by molar-refractivity contribution is 7.92. The molecule has 2 N–H and O–H groups in total. The molecule has 0 saturated carbocycles. The summed E-state index contributed by atoms with van der Waals surface area (Å²) in [6.07, 6.45) is 0. The lowest BCUT2D eigenvalue weighted by molar-refractivity contribution is 0.0781. The minimum Gasteiger partial charge on any atom is -0.338 e. The van der Waals surface area contributed by atoms with Crippen molar-refractivity contribution in [2.24, 2.45) is 11.8 Å². The monoisotopic (exact) mass is 425 g/mol. The number of likely N-dealkylation sites (tertiary alicyclic amines) is 1. The van der Waals surface area contributed by atoms with Gasteiger partial charge in [0.25, 0.3) is 15.9 Å². The molecule has 1 amide bonds. The maximum atomic E-state index is 13.8. The van der Waals surface area contributed by atoms with Crippen LogP contribution in [0.25, 0.3) is 0 Å². The van der Waals surface area contributed by atoms with Gasteiger partial charge >= 0.3 is 0 Å². The van der Waals surface area contributed by atoms with E-state index in [0.29, 0.717) is 30.5 Å². The third-order valence-corrected chi connectivity index (χ3v) is 6.55. The highest BCUT2D eigenvalue weighted by atomic mass is 35.5. The molecule has 2 heterocycles. The third kappa shape index (κ3) is 3.99. The molecule has 2 aliphatic rings. The standard InChI is InChI=1S/C19H20FN3O3S.ClH/c20-17-6-1-2-7-18(17)22-27(25,26)16-5-3-4-13(8-16)19(24)23-11-14-9-21-10-15(14)12-23;/h1-8,14-15,21-22H,9-12H2;1H/t14-,15+;. The number of rotatable bonds is 4. The minimum atomic E-state index is -4.00. The molecule has 150 valence electrons. The van der Waals surface area contributed by atoms with E-state index in [0.717, 1.165) is 13.1 Å². The second kappa shape index (κ2) is 8.06. The lowest BCUT2D eigenvalue weighted by atomic mass is 10.0. The van der Waals surface area contributed by atoms with Crippen molar-refractivity contribution in [3.8, 4) is 0 Å². The maximum Gasteiger partial charge on any atom is 0.262 e. The molecule has 2 atom stereocenters. The first kappa shape index (κ1) is 20.6. The lowest BCUT2D eigenvalue weighted by Crippen LogP contribution is -2.32. The van der Waals surface area contributed by atoms with Gasteiger partial charge in [0, 0.05) is 31.7 Å². The minimum absolute atomic E-state index is 0. The number of carbonyl (C=O) groups excluding carboxylic acids is 1. The van der Waals surface area contributed by atoms with Gasteiger partial charge in [0.2, 0.25) is 0 Å². The molecular weight excluding hydrogens is 405 g/mol. The normalized spacial score (nSPS) is 21.1. The van der Waals surface area contributed by atoms with E-state index in [1.54, 1.807) is 17.0 Å². The molecule has 2 aliphatic heterocycles. The number of fused-ring (bicyclic) bond motifs is 1. The Balaban J connectivity index is 0.00000225. The van der Waals surface area contributed by atoms with Gasteiger partial charge in [-0.1, -0.05) is 18.2 Å². The van der Waals surface area contributed by atoms with Gasteiger partial charge in [-0.3, -0.25) is 9.52 Å². The van der Waals surface area contributed by atoms with Gasteiger partial charge in [0.15, 0.2) is 0 Å². The van der Waals surface area contributed by atoms with E-state index in [1.165, 1.54) is 36.4 Å². The van der Waals surface area contributed by atoms with Crippen molar-refractivity contribution < 1.29 is 17.6 Å². The number of benzene rings is 2. The second-order valence-electron chi connectivity index (χ2n) is 7.00. The Morgan fingerprint density at radius 2 is 1.75 bits per heavy atom. The van der Waals surface area contributed by atoms with Crippen LogP contribution in [-0.4, -0.2) is 45.4 Å². The summed E-state index contributed by atoms with van der Waals surface area (Å²) in [6, 6.07) is 11.4. The summed E-state index contributed by atoms with van der Waals surface area (Å²) in [5.41, 5.74) is 0.188. The SMILES string of the molecule is Cl.O=C(c1cccc(S(=O)(=O)Nc2ccccc2F)c1)N1C[C@H]2CNC[C@H]2C1. The Morgan fingerprint density at radius 1 is 1.07 bits per heavy atom. The number of carbonyl (C=O) groups is 1. The van der Waals surface area contributed by atoms with Gasteiger partial charge in [-0.15, -0.1) is 12.4 Å². The summed E-state index contributed by atoms with van der Waals surface area (Å²) in [6.45, 7) is 3.19. The van der Waals surface area contributed by atoms with E-state index in [4.69, 9.17) is 0 Å². The van der Waals surface area contributed by atoms with Gasteiger partial charge in [-0.25, -0.2) is 12.8 Å². The molecule has 28 heavy (non-hydrogen) atoms. The van der Waals surface area contributed by atoms with Gasteiger partial charge in [-0.05, 0) is 42.2 Å². The van der Waals surface area contributed by atoms with Crippen LogP contribution in [0.4, 0.5) is 10.1 Å². The van der Waals surface area contributed by atoms with E-state index in [2.05, 4.69) is 10.0 Å². The predicted molar refractivity (Wildman–Crippen MR) is 107 cm³/mol.